The van der Waals surface area contributed by atoms with Crippen LogP contribution in [-0.2, 0) is 16.1 Å². The maximum Gasteiger partial charge on any atom is 0.326 e. The molecule has 3 aromatic heterocycles. The lowest BCUT2D eigenvalue weighted by Crippen LogP contribution is -2.31. The Kier molecular flexibility index (Phi) is 4.64. The van der Waals surface area contributed by atoms with E-state index in [1.165, 1.54) is 18.8 Å². The first-order valence-corrected chi connectivity index (χ1v) is 9.49. The van der Waals surface area contributed by atoms with Crippen molar-refractivity contribution in [3.8, 4) is 11.5 Å². The van der Waals surface area contributed by atoms with E-state index >= 15 is 0 Å². The van der Waals surface area contributed by atoms with Gasteiger partial charge in [-0.2, -0.15) is 0 Å². The molecule has 0 fully saturated rings. The number of pyridine rings is 2. The van der Waals surface area contributed by atoms with E-state index in [4.69, 9.17) is 14.2 Å². The molecule has 0 amide bonds. The second kappa shape index (κ2) is 7.05. The number of hydrogen-bond acceptors (Lipinski definition) is 6. The van der Waals surface area contributed by atoms with Gasteiger partial charge in [-0.3, -0.25) is 14.2 Å². The zero-order valence-corrected chi connectivity index (χ0v) is 17.5. The van der Waals surface area contributed by atoms with Gasteiger partial charge < -0.3 is 19.2 Å². The lowest BCUT2D eigenvalue weighted by Gasteiger charge is -2.21. The molecule has 1 N–H and O–H groups in total. The van der Waals surface area contributed by atoms with Crippen molar-refractivity contribution in [2.24, 2.45) is 0 Å². The van der Waals surface area contributed by atoms with E-state index in [2.05, 4.69) is 9.97 Å². The number of ether oxygens (including phenoxy) is 3. The van der Waals surface area contributed by atoms with Gasteiger partial charge in [0.1, 0.15) is 17.8 Å². The number of H-pyrrole nitrogens is 1. The third kappa shape index (κ3) is 3.24. The number of benzene rings is 1. The van der Waals surface area contributed by atoms with Crippen LogP contribution in [0.25, 0.3) is 32.7 Å². The van der Waals surface area contributed by atoms with E-state index in [1.807, 2.05) is 6.07 Å². The van der Waals surface area contributed by atoms with Crippen LogP contribution in [0.3, 0.4) is 0 Å². The van der Waals surface area contributed by atoms with Crippen molar-refractivity contribution in [3.05, 3.63) is 40.9 Å². The maximum absolute atomic E-state index is 13.5. The molecule has 0 unspecified atom stereocenters. The molecular weight excluding hydrogens is 386 g/mol. The predicted molar refractivity (Wildman–Crippen MR) is 114 cm³/mol. The molecule has 0 spiro atoms. The van der Waals surface area contributed by atoms with Crippen molar-refractivity contribution in [1.29, 1.82) is 0 Å². The van der Waals surface area contributed by atoms with E-state index in [1.54, 1.807) is 45.3 Å². The number of nitrogens with one attached hydrogen (secondary N) is 1. The first-order valence-electron chi connectivity index (χ1n) is 9.49. The second-order valence-corrected chi connectivity index (χ2v) is 7.99. The third-order valence-corrected chi connectivity index (χ3v) is 4.82. The minimum atomic E-state index is -0.658. The van der Waals surface area contributed by atoms with E-state index in [-0.39, 0.29) is 12.1 Å². The smallest absolute Gasteiger partial charge is 0.326 e. The van der Waals surface area contributed by atoms with Crippen LogP contribution in [0.4, 0.5) is 0 Å². The number of nitrogens with zero attached hydrogens (tertiary/aromatic N) is 2. The highest BCUT2D eigenvalue weighted by Gasteiger charge is 2.22. The number of fused-ring (bicyclic) bond motifs is 5. The highest BCUT2D eigenvalue weighted by atomic mass is 16.6. The molecule has 0 radical (unpaired) electrons. The summed E-state index contributed by atoms with van der Waals surface area (Å²) in [5.74, 6) is 0.442. The Morgan fingerprint density at radius 3 is 2.37 bits per heavy atom. The topological polar surface area (TPSA) is 95.4 Å². The normalized spacial score (nSPS) is 11.9. The molecule has 8 heteroatoms. The van der Waals surface area contributed by atoms with Crippen molar-refractivity contribution in [1.82, 2.24) is 14.5 Å². The van der Waals surface area contributed by atoms with Gasteiger partial charge >= 0.3 is 5.97 Å². The van der Waals surface area contributed by atoms with Gasteiger partial charge in [0.05, 0.1) is 25.1 Å². The molecular formula is C22H23N3O5. The van der Waals surface area contributed by atoms with Crippen LogP contribution >= 0.6 is 0 Å². The van der Waals surface area contributed by atoms with Crippen LogP contribution in [0.2, 0.25) is 0 Å². The van der Waals surface area contributed by atoms with Crippen LogP contribution < -0.4 is 15.0 Å². The van der Waals surface area contributed by atoms with Gasteiger partial charge in [-0.25, -0.2) is 4.98 Å². The summed E-state index contributed by atoms with van der Waals surface area (Å²) >= 11 is 0. The predicted octanol–water partition coefficient (Wildman–Crippen LogP) is 3.39. The van der Waals surface area contributed by atoms with E-state index in [0.29, 0.717) is 33.4 Å². The molecule has 0 atom stereocenters. The van der Waals surface area contributed by atoms with E-state index < -0.39 is 11.6 Å². The summed E-state index contributed by atoms with van der Waals surface area (Å²) in [6, 6.07) is 5.22. The monoisotopic (exact) mass is 409 g/mol. The average molecular weight is 409 g/mol. The third-order valence-electron chi connectivity index (χ3n) is 4.82. The zero-order valence-electron chi connectivity index (χ0n) is 17.5. The fourth-order valence-electron chi connectivity index (χ4n) is 3.66. The molecule has 4 rings (SSSR count). The number of methoxy groups -OCH3 is 2. The van der Waals surface area contributed by atoms with Crippen LogP contribution in [0.5, 0.6) is 11.5 Å². The summed E-state index contributed by atoms with van der Waals surface area (Å²) in [6.07, 6.45) is 3.44. The highest BCUT2D eigenvalue weighted by Crippen LogP contribution is 2.35. The van der Waals surface area contributed by atoms with E-state index in [9.17, 15) is 9.59 Å². The standard InChI is InChI=1S/C22H23N3O5/c1-22(2,3)30-18(26)11-25-19-12-6-7-23-20(12)24-10-15(19)13-8-16(28-4)17(29-5)9-14(13)21(25)27/h6-10H,11H2,1-5H3,(H,23,24). The summed E-state index contributed by atoms with van der Waals surface area (Å²) in [6.45, 7) is 5.15. The number of aromatic nitrogens is 3. The maximum atomic E-state index is 13.5. The number of rotatable bonds is 4. The molecule has 0 aliphatic heterocycles. The molecule has 156 valence electrons. The van der Waals surface area contributed by atoms with Crippen molar-refractivity contribution in [2.75, 3.05) is 14.2 Å². The van der Waals surface area contributed by atoms with Crippen LogP contribution in [0, 0.1) is 0 Å². The number of carbonyl (C=O) groups is 1. The minimum absolute atomic E-state index is 0.221. The van der Waals surface area contributed by atoms with Gasteiger partial charge in [-0.1, -0.05) is 0 Å². The highest BCUT2D eigenvalue weighted by molar-refractivity contribution is 6.14. The molecule has 8 nitrogen and oxygen atoms in total. The van der Waals surface area contributed by atoms with E-state index in [0.717, 1.165) is 10.8 Å². The lowest BCUT2D eigenvalue weighted by molar-refractivity contribution is -0.155. The van der Waals surface area contributed by atoms with Gasteiger partial charge in [0.25, 0.3) is 5.56 Å². The Bertz CT molecular complexity index is 1340. The lowest BCUT2D eigenvalue weighted by atomic mass is 10.0. The quantitative estimate of drug-likeness (QED) is 0.410. The summed E-state index contributed by atoms with van der Waals surface area (Å²) in [4.78, 5) is 33.6. The van der Waals surface area contributed by atoms with Gasteiger partial charge in [-0.15, -0.1) is 0 Å². The Morgan fingerprint density at radius 2 is 1.73 bits per heavy atom. The molecule has 0 saturated carbocycles. The molecule has 0 bridgehead atoms. The van der Waals surface area contributed by atoms with Crippen LogP contribution in [0.1, 0.15) is 20.8 Å². The largest absolute Gasteiger partial charge is 0.493 e. The molecule has 4 aromatic rings. The van der Waals surface area contributed by atoms with Crippen molar-refractivity contribution < 1.29 is 19.0 Å². The first kappa shape index (κ1) is 19.8. The van der Waals surface area contributed by atoms with Crippen molar-refractivity contribution in [3.63, 3.8) is 0 Å². The average Bonchev–Trinajstić information content (AvgIpc) is 3.17. The Labute approximate surface area is 172 Å². The molecule has 0 saturated heterocycles. The first-order chi connectivity index (χ1) is 14.2. The Morgan fingerprint density at radius 1 is 1.07 bits per heavy atom. The van der Waals surface area contributed by atoms with Gasteiger partial charge in [-0.05, 0) is 39.0 Å². The minimum Gasteiger partial charge on any atom is -0.493 e. The molecule has 1 aromatic carbocycles. The van der Waals surface area contributed by atoms with Crippen LogP contribution in [0.15, 0.2) is 35.4 Å². The van der Waals surface area contributed by atoms with Crippen molar-refractivity contribution in [2.45, 2.75) is 32.9 Å². The summed E-state index contributed by atoms with van der Waals surface area (Å²) in [5, 5.41) is 2.54. The molecule has 0 aliphatic carbocycles. The zero-order chi connectivity index (χ0) is 21.6. The van der Waals surface area contributed by atoms with Crippen molar-refractivity contribution >= 4 is 38.7 Å². The fraction of sp³-hybridized carbons (Fsp3) is 0.318. The molecule has 3 heterocycles. The Hall–Kier alpha value is -3.55. The van der Waals surface area contributed by atoms with Gasteiger partial charge in [0.15, 0.2) is 11.5 Å². The number of hydrogen-bond donors (Lipinski definition) is 1. The molecule has 0 aliphatic rings. The second-order valence-electron chi connectivity index (χ2n) is 7.99. The number of aromatic amines is 1. The SMILES string of the molecule is COc1cc2c(=O)n(CC(=O)OC(C)(C)C)c3c4cc[nH]c4ncc3c2cc1OC. The summed E-state index contributed by atoms with van der Waals surface area (Å²) < 4.78 is 17.7. The fourth-order valence-corrected chi connectivity index (χ4v) is 3.66. The Balaban J connectivity index is 2.09. The number of carbonyl (C=O) groups excluding carboxylic acids is 1. The number of esters is 1. The van der Waals surface area contributed by atoms with Gasteiger partial charge in [0, 0.05) is 28.6 Å². The summed E-state index contributed by atoms with van der Waals surface area (Å²) in [7, 11) is 3.05. The molecule has 30 heavy (non-hydrogen) atoms. The van der Waals surface area contributed by atoms with Gasteiger partial charge in [0.2, 0.25) is 0 Å². The summed E-state index contributed by atoms with van der Waals surface area (Å²) in [5.41, 5.74) is 0.254. The van der Waals surface area contributed by atoms with Crippen LogP contribution in [-0.4, -0.2) is 40.3 Å².